The number of fused-ring (bicyclic) bond motifs is 1. The molecule has 1 aromatic carbocycles. The van der Waals surface area contributed by atoms with Crippen LogP contribution in [0, 0.1) is 0 Å². The zero-order valence-corrected chi connectivity index (χ0v) is 11.5. The Labute approximate surface area is 115 Å². The van der Waals surface area contributed by atoms with Crippen molar-refractivity contribution in [3.8, 4) is 17.2 Å². The van der Waals surface area contributed by atoms with Gasteiger partial charge in [-0.1, -0.05) is 25.4 Å². The van der Waals surface area contributed by atoms with E-state index in [-0.39, 0.29) is 17.2 Å². The monoisotopic (exact) mass is 286 g/mol. The number of benzene rings is 1. The summed E-state index contributed by atoms with van der Waals surface area (Å²) in [5.74, 6) is -0.365. The van der Waals surface area contributed by atoms with Crippen LogP contribution in [0.25, 0.3) is 0 Å². The molecule has 0 unspecified atom stereocenters. The number of aliphatic carboxylic acids is 1. The summed E-state index contributed by atoms with van der Waals surface area (Å²) in [6.07, 6.45) is -0.128. The summed E-state index contributed by atoms with van der Waals surface area (Å²) in [5, 5.41) is 19.1. The summed E-state index contributed by atoms with van der Waals surface area (Å²) in [6, 6.07) is 1.60. The van der Waals surface area contributed by atoms with E-state index < -0.39 is 11.4 Å². The molecule has 1 aliphatic rings. The summed E-state index contributed by atoms with van der Waals surface area (Å²) in [5.41, 5.74) is -0.334. The molecule has 0 fully saturated rings. The number of rotatable bonds is 3. The Bertz CT molecular complexity index is 524. The number of phenolic OH excluding ortho intramolecular Hbond substituents is 1. The number of carbonyl (C=O) groups is 1. The maximum absolute atomic E-state index is 10.9. The Morgan fingerprint density at radius 2 is 2.05 bits per heavy atom. The topological polar surface area (TPSA) is 76.0 Å². The van der Waals surface area contributed by atoms with E-state index in [1.54, 1.807) is 19.9 Å². The molecular weight excluding hydrogens is 272 g/mol. The SMILES string of the molecule is CC(C)(CC(=O)O)c1cc2c(c(Cl)c1O)OCCO2. The maximum Gasteiger partial charge on any atom is 0.304 e. The third-order valence-electron chi connectivity index (χ3n) is 3.07. The highest BCUT2D eigenvalue weighted by atomic mass is 35.5. The van der Waals surface area contributed by atoms with Crippen molar-refractivity contribution in [2.75, 3.05) is 13.2 Å². The van der Waals surface area contributed by atoms with Crippen molar-refractivity contribution in [3.05, 3.63) is 16.7 Å². The third kappa shape index (κ3) is 2.56. The average molecular weight is 287 g/mol. The molecule has 19 heavy (non-hydrogen) atoms. The van der Waals surface area contributed by atoms with Crippen LogP contribution in [0.2, 0.25) is 5.02 Å². The molecule has 0 saturated heterocycles. The van der Waals surface area contributed by atoms with Gasteiger partial charge in [0.05, 0.1) is 6.42 Å². The van der Waals surface area contributed by atoms with E-state index in [9.17, 15) is 9.90 Å². The Morgan fingerprint density at radius 1 is 1.42 bits per heavy atom. The Hall–Kier alpha value is -1.62. The van der Waals surface area contributed by atoms with Crippen molar-refractivity contribution < 1.29 is 24.5 Å². The van der Waals surface area contributed by atoms with Crippen molar-refractivity contribution in [2.45, 2.75) is 25.7 Å². The van der Waals surface area contributed by atoms with Crippen LogP contribution in [0.4, 0.5) is 0 Å². The standard InChI is InChI=1S/C13H15ClO5/c1-13(2,6-9(15)16)7-5-8-12(10(14)11(7)17)19-4-3-18-8/h5,17H,3-4,6H2,1-2H3,(H,15,16). The van der Waals surface area contributed by atoms with Gasteiger partial charge in [-0.25, -0.2) is 0 Å². The number of hydrogen-bond donors (Lipinski definition) is 2. The van der Waals surface area contributed by atoms with Crippen molar-refractivity contribution in [1.82, 2.24) is 0 Å². The summed E-state index contributed by atoms with van der Waals surface area (Å²) in [6.45, 7) is 4.21. The number of carboxylic acid groups (broad SMARTS) is 1. The predicted molar refractivity (Wildman–Crippen MR) is 69.4 cm³/mol. The van der Waals surface area contributed by atoms with Gasteiger partial charge in [0.25, 0.3) is 0 Å². The highest BCUT2D eigenvalue weighted by Gasteiger charge is 2.32. The fourth-order valence-electron chi connectivity index (χ4n) is 2.13. The quantitative estimate of drug-likeness (QED) is 0.893. The zero-order valence-electron chi connectivity index (χ0n) is 10.7. The second-order valence-electron chi connectivity index (χ2n) is 5.07. The first-order valence-corrected chi connectivity index (χ1v) is 6.24. The van der Waals surface area contributed by atoms with Crippen molar-refractivity contribution in [2.24, 2.45) is 0 Å². The fourth-order valence-corrected chi connectivity index (χ4v) is 2.37. The molecule has 2 N–H and O–H groups in total. The molecule has 0 spiro atoms. The number of aromatic hydroxyl groups is 1. The lowest BCUT2D eigenvalue weighted by molar-refractivity contribution is -0.138. The van der Waals surface area contributed by atoms with E-state index in [1.807, 2.05) is 0 Å². The smallest absolute Gasteiger partial charge is 0.304 e. The second kappa shape index (κ2) is 4.81. The van der Waals surface area contributed by atoms with Gasteiger partial charge in [-0.2, -0.15) is 0 Å². The molecule has 0 atom stereocenters. The molecule has 0 aromatic heterocycles. The van der Waals surface area contributed by atoms with Gasteiger partial charge >= 0.3 is 5.97 Å². The lowest BCUT2D eigenvalue weighted by Crippen LogP contribution is -2.23. The molecule has 2 rings (SSSR count). The number of carboxylic acids is 1. The fraction of sp³-hybridized carbons (Fsp3) is 0.462. The minimum Gasteiger partial charge on any atom is -0.506 e. The molecule has 1 heterocycles. The summed E-state index contributed by atoms with van der Waals surface area (Å²) in [7, 11) is 0. The van der Waals surface area contributed by atoms with Gasteiger partial charge in [-0.3, -0.25) is 4.79 Å². The van der Waals surface area contributed by atoms with Crippen LogP contribution < -0.4 is 9.47 Å². The van der Waals surface area contributed by atoms with E-state index in [4.69, 9.17) is 26.2 Å². The summed E-state index contributed by atoms with van der Waals surface area (Å²) in [4.78, 5) is 10.9. The normalized spacial score (nSPS) is 14.3. The van der Waals surface area contributed by atoms with Crippen molar-refractivity contribution in [3.63, 3.8) is 0 Å². The van der Waals surface area contributed by atoms with Gasteiger partial charge in [0.15, 0.2) is 11.5 Å². The minimum absolute atomic E-state index is 0.0608. The van der Waals surface area contributed by atoms with Gasteiger partial charge in [-0.15, -0.1) is 0 Å². The van der Waals surface area contributed by atoms with Crippen LogP contribution in [-0.4, -0.2) is 29.4 Å². The molecular formula is C13H15ClO5. The molecule has 0 aliphatic carbocycles. The highest BCUT2D eigenvalue weighted by molar-refractivity contribution is 6.34. The van der Waals surface area contributed by atoms with E-state index in [0.29, 0.717) is 30.3 Å². The third-order valence-corrected chi connectivity index (χ3v) is 3.42. The molecule has 1 aromatic rings. The summed E-state index contributed by atoms with van der Waals surface area (Å²) >= 11 is 6.06. The molecule has 1 aliphatic heterocycles. The number of ether oxygens (including phenoxy) is 2. The lowest BCUT2D eigenvalue weighted by Gasteiger charge is -2.28. The van der Waals surface area contributed by atoms with Gasteiger partial charge in [0.1, 0.15) is 24.0 Å². The van der Waals surface area contributed by atoms with Crippen LogP contribution in [0.5, 0.6) is 17.2 Å². The van der Waals surface area contributed by atoms with Crippen LogP contribution in [0.1, 0.15) is 25.8 Å². The predicted octanol–water partition coefficient (Wildman–Crippen LogP) is 2.57. The van der Waals surface area contributed by atoms with E-state index in [0.717, 1.165) is 0 Å². The first-order valence-electron chi connectivity index (χ1n) is 5.86. The number of phenols is 1. The van der Waals surface area contributed by atoms with Crippen LogP contribution in [0.3, 0.4) is 0 Å². The Morgan fingerprint density at radius 3 is 2.68 bits per heavy atom. The molecule has 6 heteroatoms. The van der Waals surface area contributed by atoms with Crippen LogP contribution >= 0.6 is 11.6 Å². The zero-order chi connectivity index (χ0) is 14.2. The van der Waals surface area contributed by atoms with Gasteiger partial charge in [-0.05, 0) is 6.07 Å². The van der Waals surface area contributed by atoms with Gasteiger partial charge in [0, 0.05) is 11.0 Å². The molecule has 104 valence electrons. The largest absolute Gasteiger partial charge is 0.506 e. The average Bonchev–Trinajstić information content (AvgIpc) is 2.32. The van der Waals surface area contributed by atoms with E-state index in [2.05, 4.69) is 0 Å². The van der Waals surface area contributed by atoms with Crippen molar-refractivity contribution in [1.29, 1.82) is 0 Å². The van der Waals surface area contributed by atoms with E-state index >= 15 is 0 Å². The minimum atomic E-state index is -0.949. The first-order chi connectivity index (χ1) is 8.83. The lowest BCUT2D eigenvalue weighted by atomic mass is 9.81. The highest BCUT2D eigenvalue weighted by Crippen LogP contribution is 2.48. The summed E-state index contributed by atoms with van der Waals surface area (Å²) < 4.78 is 10.8. The Balaban J connectivity index is 2.52. The molecule has 0 radical (unpaired) electrons. The van der Waals surface area contributed by atoms with Gasteiger partial charge < -0.3 is 19.7 Å². The maximum atomic E-state index is 10.9. The first kappa shape index (κ1) is 13.8. The second-order valence-corrected chi connectivity index (χ2v) is 5.44. The number of halogens is 1. The molecule has 0 saturated carbocycles. The molecule has 0 bridgehead atoms. The van der Waals surface area contributed by atoms with Crippen LogP contribution in [0.15, 0.2) is 6.07 Å². The number of hydrogen-bond acceptors (Lipinski definition) is 4. The van der Waals surface area contributed by atoms with E-state index in [1.165, 1.54) is 0 Å². The Kier molecular flexibility index (Phi) is 3.49. The van der Waals surface area contributed by atoms with Crippen molar-refractivity contribution >= 4 is 17.6 Å². The molecule has 5 nitrogen and oxygen atoms in total. The van der Waals surface area contributed by atoms with Crippen LogP contribution in [-0.2, 0) is 10.2 Å². The van der Waals surface area contributed by atoms with Gasteiger partial charge in [0.2, 0.25) is 0 Å². The molecule has 0 amide bonds.